The third kappa shape index (κ3) is 6.99. The number of amides is 1. The Bertz CT molecular complexity index is 1560. The van der Waals surface area contributed by atoms with Crippen LogP contribution >= 0.6 is 23.1 Å². The van der Waals surface area contributed by atoms with E-state index < -0.39 is 31.6 Å². The number of hydrogen-bond donors (Lipinski definition) is 4. The van der Waals surface area contributed by atoms with Crippen LogP contribution in [0.3, 0.4) is 0 Å². The molecule has 37 heavy (non-hydrogen) atoms. The van der Waals surface area contributed by atoms with Gasteiger partial charge in [-0.3, -0.25) is 10.2 Å². The summed E-state index contributed by atoms with van der Waals surface area (Å²) < 4.78 is 50.1. The molecule has 0 aliphatic carbocycles. The van der Waals surface area contributed by atoms with Crippen LogP contribution in [0.4, 0.5) is 5.69 Å². The molecule has 0 saturated carbocycles. The van der Waals surface area contributed by atoms with E-state index in [0.717, 1.165) is 17.4 Å². The van der Waals surface area contributed by atoms with Crippen molar-refractivity contribution in [3.8, 4) is 11.1 Å². The minimum absolute atomic E-state index is 0.0132. The molecule has 9 nitrogen and oxygen atoms in total. The van der Waals surface area contributed by atoms with Crippen molar-refractivity contribution in [3.05, 3.63) is 59.0 Å². The molecular weight excluding hydrogens is 553 g/mol. The van der Waals surface area contributed by atoms with Crippen LogP contribution in [0.1, 0.15) is 16.9 Å². The molecule has 6 N–H and O–H groups in total. The Labute approximate surface area is 225 Å². The summed E-state index contributed by atoms with van der Waals surface area (Å²) >= 11 is 2.45. The zero-order valence-electron chi connectivity index (χ0n) is 20.4. The number of anilines is 1. The van der Waals surface area contributed by atoms with Crippen LogP contribution in [0.25, 0.3) is 11.1 Å². The Hall–Kier alpha value is -2.71. The van der Waals surface area contributed by atoms with E-state index in [0.29, 0.717) is 20.3 Å². The number of carbonyl (C=O) groups is 1. The second-order valence-electron chi connectivity index (χ2n) is 8.46. The van der Waals surface area contributed by atoms with Gasteiger partial charge in [-0.15, -0.1) is 23.1 Å². The highest BCUT2D eigenvalue weighted by Crippen LogP contribution is 2.38. The fraction of sp³-hybridized carbons (Fsp3) is 0.250. The van der Waals surface area contributed by atoms with E-state index in [4.69, 9.17) is 16.9 Å². The lowest BCUT2D eigenvalue weighted by atomic mass is 10.00. The normalized spacial score (nSPS) is 12.8. The first-order valence-electron chi connectivity index (χ1n) is 11.0. The van der Waals surface area contributed by atoms with Crippen molar-refractivity contribution < 1.29 is 21.6 Å². The lowest BCUT2D eigenvalue weighted by Crippen LogP contribution is -2.37. The summed E-state index contributed by atoms with van der Waals surface area (Å²) in [5, 5.41) is 10.4. The van der Waals surface area contributed by atoms with Crippen molar-refractivity contribution in [2.45, 2.75) is 33.4 Å². The molecule has 198 valence electrons. The van der Waals surface area contributed by atoms with Crippen LogP contribution in [-0.2, 0) is 24.5 Å². The smallest absolute Gasteiger partial charge is 0.241 e. The van der Waals surface area contributed by atoms with Crippen molar-refractivity contribution in [1.29, 1.82) is 5.41 Å². The Morgan fingerprint density at radius 1 is 1.14 bits per heavy atom. The van der Waals surface area contributed by atoms with E-state index in [-0.39, 0.29) is 27.8 Å². The van der Waals surface area contributed by atoms with Gasteiger partial charge in [0.15, 0.2) is 0 Å². The van der Waals surface area contributed by atoms with E-state index >= 15 is 0 Å². The van der Waals surface area contributed by atoms with Crippen LogP contribution in [0.15, 0.2) is 62.5 Å². The standard InChI is InChI=1S/C24H28N4O5S4/c1-14-11-16(28-23(29)19(25)9-10-36(3,30)31)7-8-18(14)15-5-4-6-17(12-15)37(32,33)21-13-20(22(26)27)35-24(21)34-2/h4-8,11-13,19H,9-10,25H2,1-3H3,(H3,26,27)(H,28,29). The quantitative estimate of drug-likeness (QED) is 0.161. The number of benzene rings is 2. The molecule has 1 heterocycles. The maximum atomic E-state index is 13.5. The summed E-state index contributed by atoms with van der Waals surface area (Å²) in [6.07, 6.45) is 2.87. The first kappa shape index (κ1) is 28.9. The SMILES string of the molecule is CSc1sc(C(=N)N)cc1S(=O)(=O)c1cccc(-c2ccc(NC(=O)C(N)CCS(C)(=O)=O)cc2C)c1. The summed E-state index contributed by atoms with van der Waals surface area (Å²) in [5.41, 5.74) is 14.1. The third-order valence-corrected chi connectivity index (χ3v) is 10.8. The number of thiophene rings is 1. The van der Waals surface area contributed by atoms with Gasteiger partial charge in [0.2, 0.25) is 15.7 Å². The van der Waals surface area contributed by atoms with Crippen LogP contribution in [0.2, 0.25) is 0 Å². The molecule has 13 heteroatoms. The number of aryl methyl sites for hydroxylation is 1. The molecule has 0 aliphatic rings. The molecule has 1 amide bonds. The van der Waals surface area contributed by atoms with Gasteiger partial charge in [0, 0.05) is 11.9 Å². The number of hydrogen-bond acceptors (Lipinski definition) is 9. The van der Waals surface area contributed by atoms with Crippen molar-refractivity contribution >= 4 is 60.2 Å². The summed E-state index contributed by atoms with van der Waals surface area (Å²) in [6, 6.07) is 12.2. The predicted octanol–water partition coefficient (Wildman–Crippen LogP) is 3.26. The molecule has 0 fully saturated rings. The Kier molecular flexibility index (Phi) is 8.85. The Balaban J connectivity index is 1.87. The van der Waals surface area contributed by atoms with Gasteiger partial charge in [-0.1, -0.05) is 18.2 Å². The van der Waals surface area contributed by atoms with Gasteiger partial charge in [-0.2, -0.15) is 0 Å². The molecule has 0 saturated heterocycles. The predicted molar refractivity (Wildman–Crippen MR) is 150 cm³/mol. The van der Waals surface area contributed by atoms with E-state index in [1.165, 1.54) is 35.2 Å². The number of rotatable bonds is 10. The van der Waals surface area contributed by atoms with Gasteiger partial charge in [0.25, 0.3) is 0 Å². The average Bonchev–Trinajstić information content (AvgIpc) is 3.28. The summed E-state index contributed by atoms with van der Waals surface area (Å²) in [7, 11) is -7.09. The van der Waals surface area contributed by atoms with Crippen LogP contribution in [-0.4, -0.2) is 52.9 Å². The molecule has 0 bridgehead atoms. The zero-order valence-corrected chi connectivity index (χ0v) is 23.7. The van der Waals surface area contributed by atoms with Gasteiger partial charge in [0.05, 0.1) is 30.7 Å². The fourth-order valence-corrected chi connectivity index (χ4v) is 8.13. The summed E-state index contributed by atoms with van der Waals surface area (Å²) in [4.78, 5) is 13.0. The van der Waals surface area contributed by atoms with Crippen LogP contribution in [0, 0.1) is 12.3 Å². The minimum Gasteiger partial charge on any atom is -0.383 e. The Morgan fingerprint density at radius 3 is 2.43 bits per heavy atom. The lowest BCUT2D eigenvalue weighted by molar-refractivity contribution is -0.117. The van der Waals surface area contributed by atoms with Gasteiger partial charge in [0.1, 0.15) is 15.7 Å². The average molecular weight is 581 g/mol. The maximum Gasteiger partial charge on any atom is 0.241 e. The van der Waals surface area contributed by atoms with Crippen molar-refractivity contribution in [1.82, 2.24) is 0 Å². The van der Waals surface area contributed by atoms with Gasteiger partial charge in [-0.25, -0.2) is 16.8 Å². The van der Waals surface area contributed by atoms with Crippen molar-refractivity contribution in [2.75, 3.05) is 23.6 Å². The monoisotopic (exact) mass is 580 g/mol. The first-order chi connectivity index (χ1) is 17.2. The van der Waals surface area contributed by atoms with Gasteiger partial charge in [-0.05, 0) is 66.6 Å². The zero-order chi connectivity index (χ0) is 27.5. The molecule has 1 unspecified atom stereocenters. The molecule has 0 radical (unpaired) electrons. The number of amidine groups is 1. The summed E-state index contributed by atoms with van der Waals surface area (Å²) in [5.74, 6) is -0.859. The van der Waals surface area contributed by atoms with Crippen molar-refractivity contribution in [2.24, 2.45) is 11.5 Å². The second kappa shape index (κ2) is 11.4. The van der Waals surface area contributed by atoms with Crippen LogP contribution in [0.5, 0.6) is 0 Å². The summed E-state index contributed by atoms with van der Waals surface area (Å²) in [6.45, 7) is 1.83. The highest BCUT2D eigenvalue weighted by molar-refractivity contribution is 8.01. The number of nitrogens with two attached hydrogens (primary N) is 2. The number of thioether (sulfide) groups is 1. The first-order valence-corrected chi connectivity index (χ1v) is 16.5. The van der Waals surface area contributed by atoms with E-state index in [1.807, 2.05) is 6.92 Å². The number of nitrogens with one attached hydrogen (secondary N) is 2. The van der Waals surface area contributed by atoms with E-state index in [9.17, 15) is 21.6 Å². The topological polar surface area (TPSA) is 173 Å². The van der Waals surface area contributed by atoms with Crippen molar-refractivity contribution in [3.63, 3.8) is 0 Å². The molecule has 1 aromatic heterocycles. The molecule has 2 aromatic carbocycles. The highest BCUT2D eigenvalue weighted by atomic mass is 32.2. The van der Waals surface area contributed by atoms with E-state index in [1.54, 1.807) is 42.7 Å². The maximum absolute atomic E-state index is 13.5. The number of carbonyl (C=O) groups excluding carboxylic acids is 1. The highest BCUT2D eigenvalue weighted by Gasteiger charge is 2.25. The second-order valence-corrected chi connectivity index (χ2v) is 14.8. The molecular formula is C24H28N4O5S4. The largest absolute Gasteiger partial charge is 0.383 e. The molecule has 3 rings (SSSR count). The molecule has 3 aromatic rings. The van der Waals surface area contributed by atoms with Crippen LogP contribution < -0.4 is 16.8 Å². The lowest BCUT2D eigenvalue weighted by Gasteiger charge is -2.14. The minimum atomic E-state index is -3.86. The van der Waals surface area contributed by atoms with E-state index in [2.05, 4.69) is 5.32 Å². The molecule has 0 spiro atoms. The number of sulfone groups is 2. The molecule has 0 aliphatic heterocycles. The molecule has 1 atom stereocenters. The van der Waals surface area contributed by atoms with Gasteiger partial charge >= 0.3 is 0 Å². The van der Waals surface area contributed by atoms with Gasteiger partial charge < -0.3 is 16.8 Å². The Morgan fingerprint density at radius 2 is 1.84 bits per heavy atom. The fourth-order valence-electron chi connectivity index (χ4n) is 3.55. The third-order valence-electron chi connectivity index (χ3n) is 5.49. The number of nitrogen functional groups attached to an aromatic ring is 1.